The second kappa shape index (κ2) is 8.44. The molecule has 6 rings (SSSR count). The number of pyridine rings is 2. The number of nitrogens with zero attached hydrogens (tertiary/aromatic N) is 4. The highest BCUT2D eigenvalue weighted by molar-refractivity contribution is 7.08. The molecule has 0 saturated heterocycles. The zero-order valence-electron chi connectivity index (χ0n) is 18.3. The molecular formula is C25H20FN7S. The van der Waals surface area contributed by atoms with Gasteiger partial charge in [-0.3, -0.25) is 10.1 Å². The summed E-state index contributed by atoms with van der Waals surface area (Å²) in [4.78, 5) is 16.7. The molecule has 3 N–H and O–H groups in total. The summed E-state index contributed by atoms with van der Waals surface area (Å²) in [6.45, 7) is 3.57. The first-order valence-corrected chi connectivity index (χ1v) is 11.9. The third-order valence-electron chi connectivity index (χ3n) is 5.80. The number of hydrogen-bond donors (Lipinski definition) is 3. The molecule has 0 unspecified atom stereocenters. The molecule has 0 bridgehead atoms. The molecule has 6 aromatic rings. The van der Waals surface area contributed by atoms with Crippen molar-refractivity contribution < 1.29 is 4.39 Å². The number of hydrogen-bond acceptors (Lipinski definition) is 6. The van der Waals surface area contributed by atoms with Gasteiger partial charge in [-0.1, -0.05) is 6.92 Å². The molecule has 0 aliphatic carbocycles. The van der Waals surface area contributed by atoms with E-state index in [0.29, 0.717) is 45.7 Å². The van der Waals surface area contributed by atoms with Gasteiger partial charge >= 0.3 is 0 Å². The molecule has 5 heterocycles. The van der Waals surface area contributed by atoms with Gasteiger partial charge in [-0.15, -0.1) is 0 Å². The zero-order valence-corrected chi connectivity index (χ0v) is 19.1. The summed E-state index contributed by atoms with van der Waals surface area (Å²) in [5, 5.41) is 15.1. The fourth-order valence-electron chi connectivity index (χ4n) is 4.15. The summed E-state index contributed by atoms with van der Waals surface area (Å²) in [5.41, 5.74) is 6.63. The van der Waals surface area contributed by atoms with Gasteiger partial charge in [0.1, 0.15) is 11.5 Å². The van der Waals surface area contributed by atoms with Crippen LogP contribution in [0.5, 0.6) is 0 Å². The Balaban J connectivity index is 1.48. The number of fused-ring (bicyclic) bond motifs is 2. The standard InChI is InChI=1S/C25H20FN7S/c1-2-27-10-14-9-16(12-28-11-14)17-3-4-19-20(21(17)26)23(33-32-19)25-30-22-18(15-6-8-34-13-15)5-7-29-24(22)31-25/h3-9,11-13,27H,2,10H2,1H3,(H,32,33)(H,29,30,31). The second-order valence-corrected chi connectivity index (χ2v) is 8.72. The molecule has 1 aromatic carbocycles. The van der Waals surface area contributed by atoms with E-state index in [1.807, 2.05) is 36.6 Å². The van der Waals surface area contributed by atoms with Gasteiger partial charge in [-0.25, -0.2) is 14.4 Å². The first-order chi connectivity index (χ1) is 16.7. The van der Waals surface area contributed by atoms with E-state index in [4.69, 9.17) is 0 Å². The van der Waals surface area contributed by atoms with Gasteiger partial charge in [0.25, 0.3) is 0 Å². The monoisotopic (exact) mass is 469 g/mol. The van der Waals surface area contributed by atoms with E-state index >= 15 is 4.39 Å². The van der Waals surface area contributed by atoms with Crippen molar-refractivity contribution in [2.24, 2.45) is 0 Å². The van der Waals surface area contributed by atoms with Crippen LogP contribution in [0.25, 0.3) is 55.8 Å². The maximum Gasteiger partial charge on any atom is 0.178 e. The van der Waals surface area contributed by atoms with Crippen LogP contribution < -0.4 is 5.32 Å². The molecule has 5 aromatic heterocycles. The van der Waals surface area contributed by atoms with Crippen molar-refractivity contribution in [1.29, 1.82) is 0 Å². The van der Waals surface area contributed by atoms with Crippen LogP contribution in [0.1, 0.15) is 12.5 Å². The third kappa shape index (κ3) is 3.46. The number of nitrogens with one attached hydrogen (secondary N) is 3. The molecule has 34 heavy (non-hydrogen) atoms. The molecule has 0 fully saturated rings. The molecule has 0 saturated carbocycles. The summed E-state index contributed by atoms with van der Waals surface area (Å²) in [6, 6.07) is 9.54. The van der Waals surface area contributed by atoms with Gasteiger partial charge in [0.2, 0.25) is 0 Å². The van der Waals surface area contributed by atoms with Crippen LogP contribution in [-0.4, -0.2) is 36.7 Å². The number of rotatable bonds is 6. The predicted molar refractivity (Wildman–Crippen MR) is 133 cm³/mol. The predicted octanol–water partition coefficient (Wildman–Crippen LogP) is 5.54. The molecule has 0 aliphatic heterocycles. The highest BCUT2D eigenvalue weighted by Crippen LogP contribution is 2.35. The minimum absolute atomic E-state index is 0.366. The topological polar surface area (TPSA) is 95.2 Å². The molecule has 0 radical (unpaired) electrons. The number of thiophene rings is 1. The van der Waals surface area contributed by atoms with Gasteiger partial charge in [0.05, 0.1) is 16.4 Å². The highest BCUT2D eigenvalue weighted by atomic mass is 32.1. The first-order valence-electron chi connectivity index (χ1n) is 10.9. The van der Waals surface area contributed by atoms with Gasteiger partial charge in [-0.05, 0) is 58.8 Å². The van der Waals surface area contributed by atoms with Crippen LogP contribution in [0.15, 0.2) is 59.7 Å². The van der Waals surface area contributed by atoms with Crippen molar-refractivity contribution in [3.05, 3.63) is 71.1 Å². The summed E-state index contributed by atoms with van der Waals surface area (Å²) < 4.78 is 15.9. The van der Waals surface area contributed by atoms with E-state index < -0.39 is 0 Å². The van der Waals surface area contributed by atoms with Crippen LogP contribution in [0.4, 0.5) is 4.39 Å². The Morgan fingerprint density at radius 1 is 1.09 bits per heavy atom. The fraction of sp³-hybridized carbons (Fsp3) is 0.120. The number of benzene rings is 1. The first kappa shape index (κ1) is 20.6. The van der Waals surface area contributed by atoms with E-state index in [9.17, 15) is 0 Å². The Bertz CT molecular complexity index is 1620. The largest absolute Gasteiger partial charge is 0.335 e. The maximum atomic E-state index is 15.9. The number of imidazole rings is 1. The molecular weight excluding hydrogens is 449 g/mol. The van der Waals surface area contributed by atoms with Crippen molar-refractivity contribution in [3.8, 4) is 33.8 Å². The molecule has 168 valence electrons. The van der Waals surface area contributed by atoms with Crippen molar-refractivity contribution in [1.82, 2.24) is 35.5 Å². The average molecular weight is 470 g/mol. The quantitative estimate of drug-likeness (QED) is 0.298. The highest BCUT2D eigenvalue weighted by Gasteiger charge is 2.20. The van der Waals surface area contributed by atoms with Crippen LogP contribution >= 0.6 is 11.3 Å². The lowest BCUT2D eigenvalue weighted by atomic mass is 10.0. The van der Waals surface area contributed by atoms with Crippen LogP contribution in [-0.2, 0) is 6.54 Å². The van der Waals surface area contributed by atoms with E-state index in [1.165, 1.54) is 0 Å². The van der Waals surface area contributed by atoms with Crippen molar-refractivity contribution in [3.63, 3.8) is 0 Å². The lowest BCUT2D eigenvalue weighted by Gasteiger charge is -2.07. The van der Waals surface area contributed by atoms with Gasteiger partial charge in [0, 0.05) is 41.8 Å². The second-order valence-electron chi connectivity index (χ2n) is 7.94. The van der Waals surface area contributed by atoms with Crippen molar-refractivity contribution >= 4 is 33.4 Å². The molecule has 0 amide bonds. The van der Waals surface area contributed by atoms with Gasteiger partial charge in [0.15, 0.2) is 11.5 Å². The van der Waals surface area contributed by atoms with E-state index in [-0.39, 0.29) is 5.82 Å². The molecule has 7 nitrogen and oxygen atoms in total. The SMILES string of the molecule is CCNCc1cncc(-c2ccc3[nH]nc(-c4nc5nccc(-c6ccsc6)c5[nH]4)c3c2F)c1. The van der Waals surface area contributed by atoms with Gasteiger partial charge in [-0.2, -0.15) is 16.4 Å². The lowest BCUT2D eigenvalue weighted by molar-refractivity contribution is 0.643. The number of aromatic nitrogens is 6. The number of H-pyrrole nitrogens is 2. The Morgan fingerprint density at radius 3 is 2.88 bits per heavy atom. The van der Waals surface area contributed by atoms with E-state index in [2.05, 4.69) is 40.8 Å². The average Bonchev–Trinajstić information content (AvgIpc) is 3.62. The maximum absolute atomic E-state index is 15.9. The summed E-state index contributed by atoms with van der Waals surface area (Å²) in [7, 11) is 0. The molecule has 0 atom stereocenters. The Kier molecular flexibility index (Phi) is 5.12. The summed E-state index contributed by atoms with van der Waals surface area (Å²) in [5.74, 6) is 0.0987. The van der Waals surface area contributed by atoms with Crippen molar-refractivity contribution in [2.45, 2.75) is 13.5 Å². The third-order valence-corrected chi connectivity index (χ3v) is 6.48. The summed E-state index contributed by atoms with van der Waals surface area (Å²) in [6.07, 6.45) is 5.20. The van der Waals surface area contributed by atoms with Crippen molar-refractivity contribution in [2.75, 3.05) is 6.54 Å². The Morgan fingerprint density at radius 2 is 2.03 bits per heavy atom. The van der Waals surface area contributed by atoms with Crippen LogP contribution in [0.2, 0.25) is 0 Å². The smallest absolute Gasteiger partial charge is 0.178 e. The Hall–Kier alpha value is -3.95. The zero-order chi connectivity index (χ0) is 23.1. The van der Waals surface area contributed by atoms with E-state index in [0.717, 1.165) is 28.8 Å². The van der Waals surface area contributed by atoms with Crippen LogP contribution in [0, 0.1) is 5.82 Å². The number of halogens is 1. The molecule has 9 heteroatoms. The lowest BCUT2D eigenvalue weighted by Crippen LogP contribution is -2.11. The van der Waals surface area contributed by atoms with E-state index in [1.54, 1.807) is 36.0 Å². The normalized spacial score (nSPS) is 11.6. The van der Waals surface area contributed by atoms with Gasteiger partial charge < -0.3 is 10.3 Å². The number of aromatic amines is 2. The Labute approximate surface area is 198 Å². The molecule has 0 aliphatic rings. The fourth-order valence-corrected chi connectivity index (χ4v) is 4.81. The summed E-state index contributed by atoms with van der Waals surface area (Å²) >= 11 is 1.63. The van der Waals surface area contributed by atoms with Crippen LogP contribution in [0.3, 0.4) is 0 Å². The minimum Gasteiger partial charge on any atom is -0.335 e. The minimum atomic E-state index is -0.366. The molecule has 0 spiro atoms.